The Bertz CT molecular complexity index is 1930. The lowest BCUT2D eigenvalue weighted by Gasteiger charge is -2.13. The van der Waals surface area contributed by atoms with Crippen molar-refractivity contribution in [3.8, 4) is 45.3 Å². The second-order valence-electron chi connectivity index (χ2n) is 9.01. The Morgan fingerprint density at radius 3 is 1.89 bits per heavy atom. The van der Waals surface area contributed by atoms with Gasteiger partial charge in [0.1, 0.15) is 11.2 Å². The third-order valence-electron chi connectivity index (χ3n) is 6.60. The number of fused-ring (bicyclic) bond motifs is 3. The van der Waals surface area contributed by atoms with E-state index in [1.54, 1.807) is 0 Å². The van der Waals surface area contributed by atoms with Crippen LogP contribution in [-0.4, -0.2) is 15.0 Å². The van der Waals surface area contributed by atoms with E-state index in [9.17, 15) is 0 Å². The van der Waals surface area contributed by atoms with Crippen molar-refractivity contribution in [3.63, 3.8) is 0 Å². The van der Waals surface area contributed by atoms with E-state index in [0.717, 1.165) is 49.8 Å². The molecule has 2 heterocycles. The standard InChI is InChI=1S/C33H20ClN3O/c34-24-15-9-14-23(20-24)32-35-31(22-12-5-2-6-13-22)36-33(37-32)30-25(21-10-3-1-4-11-21)18-19-28-29(30)26-16-7-8-17-27(26)38-28/h1-20H. The molecule has 180 valence electrons. The minimum atomic E-state index is 0.556. The van der Waals surface area contributed by atoms with Crippen molar-refractivity contribution in [2.45, 2.75) is 0 Å². The lowest BCUT2D eigenvalue weighted by molar-refractivity contribution is 0.669. The van der Waals surface area contributed by atoms with Gasteiger partial charge >= 0.3 is 0 Å². The van der Waals surface area contributed by atoms with E-state index >= 15 is 0 Å². The summed E-state index contributed by atoms with van der Waals surface area (Å²) < 4.78 is 6.26. The quantitative estimate of drug-likeness (QED) is 0.237. The van der Waals surface area contributed by atoms with E-state index in [1.165, 1.54) is 0 Å². The Labute approximate surface area is 224 Å². The number of benzene rings is 5. The Morgan fingerprint density at radius 1 is 0.500 bits per heavy atom. The molecule has 0 N–H and O–H groups in total. The molecule has 0 aliphatic carbocycles. The second kappa shape index (κ2) is 9.25. The Kier molecular flexibility index (Phi) is 5.46. The summed E-state index contributed by atoms with van der Waals surface area (Å²) in [5.41, 5.74) is 6.33. The van der Waals surface area contributed by atoms with Crippen LogP contribution in [0, 0.1) is 0 Å². The van der Waals surface area contributed by atoms with Crippen LogP contribution in [0.25, 0.3) is 67.2 Å². The number of nitrogens with zero attached hydrogens (tertiary/aromatic N) is 3. The molecular weight excluding hydrogens is 490 g/mol. The zero-order valence-corrected chi connectivity index (χ0v) is 20.9. The monoisotopic (exact) mass is 509 g/mol. The van der Waals surface area contributed by atoms with Crippen LogP contribution in [0.15, 0.2) is 126 Å². The van der Waals surface area contributed by atoms with E-state index in [0.29, 0.717) is 22.5 Å². The third kappa shape index (κ3) is 3.92. The Morgan fingerprint density at radius 2 is 1.13 bits per heavy atom. The molecular formula is C33H20ClN3O. The lowest BCUT2D eigenvalue weighted by atomic mass is 9.94. The fourth-order valence-electron chi connectivity index (χ4n) is 4.87. The first-order valence-corrected chi connectivity index (χ1v) is 12.7. The molecule has 4 nitrogen and oxygen atoms in total. The molecule has 0 aliphatic heterocycles. The van der Waals surface area contributed by atoms with E-state index in [2.05, 4.69) is 24.3 Å². The molecule has 0 unspecified atom stereocenters. The summed E-state index contributed by atoms with van der Waals surface area (Å²) in [6.07, 6.45) is 0. The molecule has 7 rings (SSSR count). The largest absolute Gasteiger partial charge is 0.456 e. The molecule has 38 heavy (non-hydrogen) atoms. The van der Waals surface area contributed by atoms with Gasteiger partial charge in [-0.3, -0.25) is 0 Å². The van der Waals surface area contributed by atoms with E-state index in [-0.39, 0.29) is 0 Å². The number of hydrogen-bond acceptors (Lipinski definition) is 4. The van der Waals surface area contributed by atoms with Gasteiger partial charge in [0.05, 0.1) is 0 Å². The highest BCUT2D eigenvalue weighted by molar-refractivity contribution is 6.30. The van der Waals surface area contributed by atoms with Crippen LogP contribution < -0.4 is 0 Å². The van der Waals surface area contributed by atoms with Crippen molar-refractivity contribution in [2.24, 2.45) is 0 Å². The van der Waals surface area contributed by atoms with Gasteiger partial charge in [0, 0.05) is 32.5 Å². The Hall–Kier alpha value is -4.80. The molecule has 0 bridgehead atoms. The third-order valence-corrected chi connectivity index (χ3v) is 6.84. The molecule has 0 saturated carbocycles. The van der Waals surface area contributed by atoms with Gasteiger partial charge in [-0.25, -0.2) is 15.0 Å². The average molecular weight is 510 g/mol. The van der Waals surface area contributed by atoms with Gasteiger partial charge in [0.2, 0.25) is 0 Å². The summed E-state index contributed by atoms with van der Waals surface area (Å²) >= 11 is 6.36. The molecule has 0 saturated heterocycles. The lowest BCUT2D eigenvalue weighted by Crippen LogP contribution is -2.01. The van der Waals surface area contributed by atoms with Crippen molar-refractivity contribution < 1.29 is 4.42 Å². The first kappa shape index (κ1) is 22.4. The molecule has 2 aromatic heterocycles. The number of aromatic nitrogens is 3. The van der Waals surface area contributed by atoms with Crippen LogP contribution in [0.4, 0.5) is 0 Å². The predicted octanol–water partition coefficient (Wildman–Crippen LogP) is 9.09. The fourth-order valence-corrected chi connectivity index (χ4v) is 5.06. The van der Waals surface area contributed by atoms with Crippen LogP contribution in [0.1, 0.15) is 0 Å². The molecule has 0 amide bonds. The molecule has 5 aromatic carbocycles. The number of furan rings is 1. The van der Waals surface area contributed by atoms with Crippen molar-refractivity contribution >= 4 is 33.5 Å². The van der Waals surface area contributed by atoms with E-state index in [1.807, 2.05) is 97.1 Å². The van der Waals surface area contributed by atoms with Crippen molar-refractivity contribution in [2.75, 3.05) is 0 Å². The molecule has 0 fully saturated rings. The average Bonchev–Trinajstić information content (AvgIpc) is 3.36. The maximum Gasteiger partial charge on any atom is 0.165 e. The summed E-state index contributed by atoms with van der Waals surface area (Å²) in [5, 5.41) is 2.61. The predicted molar refractivity (Wildman–Crippen MR) is 154 cm³/mol. The molecule has 5 heteroatoms. The minimum absolute atomic E-state index is 0.556. The van der Waals surface area contributed by atoms with Gasteiger partial charge in [-0.15, -0.1) is 0 Å². The van der Waals surface area contributed by atoms with E-state index < -0.39 is 0 Å². The Balaban J connectivity index is 1.60. The SMILES string of the molecule is Clc1cccc(-c2nc(-c3ccccc3)nc(-c3c(-c4ccccc4)ccc4oc5ccccc5c34)n2)c1. The van der Waals surface area contributed by atoms with Crippen LogP contribution >= 0.6 is 11.6 Å². The normalized spacial score (nSPS) is 11.3. The number of rotatable bonds is 4. The number of hydrogen-bond donors (Lipinski definition) is 0. The molecule has 0 atom stereocenters. The van der Waals surface area contributed by atoms with Crippen molar-refractivity contribution in [3.05, 3.63) is 126 Å². The van der Waals surface area contributed by atoms with Gasteiger partial charge in [0.15, 0.2) is 17.5 Å². The molecule has 0 radical (unpaired) electrons. The topological polar surface area (TPSA) is 51.8 Å². The first-order valence-electron chi connectivity index (χ1n) is 12.3. The molecule has 7 aromatic rings. The smallest absolute Gasteiger partial charge is 0.165 e. The van der Waals surface area contributed by atoms with Crippen molar-refractivity contribution in [1.82, 2.24) is 15.0 Å². The zero-order valence-electron chi connectivity index (χ0n) is 20.2. The minimum Gasteiger partial charge on any atom is -0.456 e. The summed E-state index contributed by atoms with van der Waals surface area (Å²) in [4.78, 5) is 15.0. The highest BCUT2D eigenvalue weighted by Crippen LogP contribution is 2.42. The van der Waals surface area contributed by atoms with Crippen LogP contribution in [0.3, 0.4) is 0 Å². The van der Waals surface area contributed by atoms with Crippen molar-refractivity contribution in [1.29, 1.82) is 0 Å². The van der Waals surface area contributed by atoms with Crippen LogP contribution in [-0.2, 0) is 0 Å². The van der Waals surface area contributed by atoms with Gasteiger partial charge in [-0.1, -0.05) is 103 Å². The van der Waals surface area contributed by atoms with Gasteiger partial charge in [0.25, 0.3) is 0 Å². The maximum absolute atomic E-state index is 6.36. The van der Waals surface area contributed by atoms with Gasteiger partial charge in [-0.05, 0) is 41.5 Å². The molecule has 0 aliphatic rings. The highest BCUT2D eigenvalue weighted by Gasteiger charge is 2.21. The van der Waals surface area contributed by atoms with Crippen LogP contribution in [0.5, 0.6) is 0 Å². The van der Waals surface area contributed by atoms with Gasteiger partial charge in [-0.2, -0.15) is 0 Å². The summed E-state index contributed by atoms with van der Waals surface area (Å²) in [6, 6.07) is 40.0. The zero-order chi connectivity index (χ0) is 25.5. The molecule has 0 spiro atoms. The highest BCUT2D eigenvalue weighted by atomic mass is 35.5. The summed E-state index contributed by atoms with van der Waals surface area (Å²) in [6.45, 7) is 0. The first-order chi connectivity index (χ1) is 18.7. The summed E-state index contributed by atoms with van der Waals surface area (Å²) in [5.74, 6) is 1.72. The summed E-state index contributed by atoms with van der Waals surface area (Å²) in [7, 11) is 0. The number of para-hydroxylation sites is 1. The van der Waals surface area contributed by atoms with Crippen LogP contribution in [0.2, 0.25) is 5.02 Å². The number of halogens is 1. The fraction of sp³-hybridized carbons (Fsp3) is 0. The van der Waals surface area contributed by atoms with E-state index in [4.69, 9.17) is 31.0 Å². The van der Waals surface area contributed by atoms with Gasteiger partial charge < -0.3 is 4.42 Å². The second-order valence-corrected chi connectivity index (χ2v) is 9.44. The maximum atomic E-state index is 6.36.